The molecule has 0 aliphatic rings. The molecule has 3 aromatic rings. The SMILES string of the molecule is O=C(NCc1cccnc1-c1ccncc1)c1ccc(F)cc1Cl. The molecule has 0 saturated carbocycles. The van der Waals surface area contributed by atoms with Crippen molar-refractivity contribution >= 4 is 17.5 Å². The summed E-state index contributed by atoms with van der Waals surface area (Å²) in [6.45, 7) is 0.276. The van der Waals surface area contributed by atoms with Crippen LogP contribution in [0.2, 0.25) is 5.02 Å². The Kier molecular flexibility index (Phi) is 4.82. The Labute approximate surface area is 143 Å². The van der Waals surface area contributed by atoms with Gasteiger partial charge in [0.1, 0.15) is 5.82 Å². The van der Waals surface area contributed by atoms with Crippen LogP contribution in [0, 0.1) is 5.82 Å². The molecule has 1 N–H and O–H groups in total. The smallest absolute Gasteiger partial charge is 0.253 e. The Balaban J connectivity index is 1.79. The second-order valence-corrected chi connectivity index (χ2v) is 5.46. The molecule has 6 heteroatoms. The highest BCUT2D eigenvalue weighted by Crippen LogP contribution is 2.21. The van der Waals surface area contributed by atoms with Gasteiger partial charge < -0.3 is 5.32 Å². The summed E-state index contributed by atoms with van der Waals surface area (Å²) < 4.78 is 13.1. The Hall–Kier alpha value is -2.79. The van der Waals surface area contributed by atoms with Crippen molar-refractivity contribution in [2.45, 2.75) is 6.54 Å². The van der Waals surface area contributed by atoms with E-state index >= 15 is 0 Å². The van der Waals surface area contributed by atoms with Crippen LogP contribution in [0.15, 0.2) is 61.1 Å². The molecular formula is C18H13ClFN3O. The molecule has 0 radical (unpaired) electrons. The number of nitrogens with zero attached hydrogens (tertiary/aromatic N) is 2. The standard InChI is InChI=1S/C18H13ClFN3O/c19-16-10-14(20)3-4-15(16)18(24)23-11-13-2-1-7-22-17(13)12-5-8-21-9-6-12/h1-10H,11H2,(H,23,24). The normalized spacial score (nSPS) is 10.4. The highest BCUT2D eigenvalue weighted by atomic mass is 35.5. The molecule has 0 aliphatic carbocycles. The van der Waals surface area contributed by atoms with Crippen LogP contribution in [0.25, 0.3) is 11.3 Å². The molecule has 0 aliphatic heterocycles. The number of halogens is 2. The number of benzene rings is 1. The zero-order valence-corrected chi connectivity index (χ0v) is 13.3. The first-order valence-corrected chi connectivity index (χ1v) is 7.60. The van der Waals surface area contributed by atoms with Crippen LogP contribution in [-0.2, 0) is 6.54 Å². The summed E-state index contributed by atoms with van der Waals surface area (Å²) in [5, 5.41) is 2.86. The van der Waals surface area contributed by atoms with Gasteiger partial charge in [0.05, 0.1) is 16.3 Å². The maximum absolute atomic E-state index is 13.1. The molecule has 0 saturated heterocycles. The topological polar surface area (TPSA) is 54.9 Å². The Morgan fingerprint density at radius 1 is 1.12 bits per heavy atom. The molecule has 2 aromatic heterocycles. The van der Waals surface area contributed by atoms with Crippen molar-refractivity contribution in [3.05, 3.63) is 83.0 Å². The lowest BCUT2D eigenvalue weighted by Gasteiger charge is -2.10. The van der Waals surface area contributed by atoms with E-state index in [9.17, 15) is 9.18 Å². The molecule has 0 fully saturated rings. The van der Waals surface area contributed by atoms with Gasteiger partial charge in [0, 0.05) is 30.7 Å². The van der Waals surface area contributed by atoms with Gasteiger partial charge in [0.2, 0.25) is 0 Å². The summed E-state index contributed by atoms with van der Waals surface area (Å²) >= 11 is 5.91. The minimum Gasteiger partial charge on any atom is -0.348 e. The van der Waals surface area contributed by atoms with Gasteiger partial charge in [0.25, 0.3) is 5.91 Å². The van der Waals surface area contributed by atoms with Crippen LogP contribution in [0.3, 0.4) is 0 Å². The second-order valence-electron chi connectivity index (χ2n) is 5.05. The monoisotopic (exact) mass is 341 g/mol. The minimum atomic E-state index is -0.483. The van der Waals surface area contributed by atoms with Crippen LogP contribution in [0.4, 0.5) is 4.39 Å². The van der Waals surface area contributed by atoms with Gasteiger partial charge in [-0.2, -0.15) is 0 Å². The predicted octanol–water partition coefficient (Wildman–Crippen LogP) is 3.87. The second kappa shape index (κ2) is 7.19. The number of pyridine rings is 2. The van der Waals surface area contributed by atoms with Crippen molar-refractivity contribution in [1.29, 1.82) is 0 Å². The maximum Gasteiger partial charge on any atom is 0.253 e. The Bertz CT molecular complexity index is 871. The van der Waals surface area contributed by atoms with Crippen LogP contribution >= 0.6 is 11.6 Å². The first-order valence-electron chi connectivity index (χ1n) is 7.22. The van der Waals surface area contributed by atoms with E-state index in [1.807, 2.05) is 18.2 Å². The average Bonchev–Trinajstić information content (AvgIpc) is 2.61. The number of rotatable bonds is 4. The van der Waals surface area contributed by atoms with Crippen molar-refractivity contribution < 1.29 is 9.18 Å². The van der Waals surface area contributed by atoms with Crippen LogP contribution < -0.4 is 5.32 Å². The lowest BCUT2D eigenvalue weighted by molar-refractivity contribution is 0.0951. The highest BCUT2D eigenvalue weighted by Gasteiger charge is 2.12. The first-order chi connectivity index (χ1) is 11.6. The van der Waals surface area contributed by atoms with Crippen molar-refractivity contribution in [3.8, 4) is 11.3 Å². The van der Waals surface area contributed by atoms with E-state index in [2.05, 4.69) is 15.3 Å². The molecular weight excluding hydrogens is 329 g/mol. The molecule has 2 heterocycles. The van der Waals surface area contributed by atoms with Gasteiger partial charge in [-0.25, -0.2) is 4.39 Å². The number of hydrogen-bond donors (Lipinski definition) is 1. The molecule has 0 atom stereocenters. The number of carbonyl (C=O) groups is 1. The van der Waals surface area contributed by atoms with Crippen molar-refractivity contribution in [3.63, 3.8) is 0 Å². The third-order valence-corrected chi connectivity index (χ3v) is 3.77. The quantitative estimate of drug-likeness (QED) is 0.783. The van der Waals surface area contributed by atoms with Crippen LogP contribution in [0.1, 0.15) is 15.9 Å². The fraction of sp³-hybridized carbons (Fsp3) is 0.0556. The molecule has 0 bridgehead atoms. The number of hydrogen-bond acceptors (Lipinski definition) is 3. The zero-order chi connectivity index (χ0) is 16.9. The summed E-state index contributed by atoms with van der Waals surface area (Å²) in [6, 6.07) is 11.1. The first kappa shape index (κ1) is 16.1. The van der Waals surface area contributed by atoms with E-state index < -0.39 is 5.82 Å². The molecule has 24 heavy (non-hydrogen) atoms. The summed E-state index contributed by atoms with van der Waals surface area (Å²) in [7, 11) is 0. The highest BCUT2D eigenvalue weighted by molar-refractivity contribution is 6.33. The van der Waals surface area contributed by atoms with E-state index in [-0.39, 0.29) is 23.0 Å². The Morgan fingerprint density at radius 3 is 2.67 bits per heavy atom. The average molecular weight is 342 g/mol. The number of nitrogens with one attached hydrogen (secondary N) is 1. The number of amides is 1. The fourth-order valence-electron chi connectivity index (χ4n) is 2.30. The van der Waals surface area contributed by atoms with Crippen molar-refractivity contribution in [1.82, 2.24) is 15.3 Å². The van der Waals surface area contributed by atoms with E-state index in [1.54, 1.807) is 24.7 Å². The lowest BCUT2D eigenvalue weighted by Crippen LogP contribution is -2.23. The summed E-state index contributed by atoms with van der Waals surface area (Å²) in [5.41, 5.74) is 2.77. The van der Waals surface area contributed by atoms with Gasteiger partial charge in [0.15, 0.2) is 0 Å². The zero-order valence-electron chi connectivity index (χ0n) is 12.5. The van der Waals surface area contributed by atoms with Gasteiger partial charge in [-0.05, 0) is 42.0 Å². The number of aromatic nitrogens is 2. The molecule has 1 aromatic carbocycles. The van der Waals surface area contributed by atoms with Crippen LogP contribution in [-0.4, -0.2) is 15.9 Å². The lowest BCUT2D eigenvalue weighted by atomic mass is 10.1. The largest absolute Gasteiger partial charge is 0.348 e. The summed E-state index contributed by atoms with van der Waals surface area (Å²) in [5.74, 6) is -0.853. The van der Waals surface area contributed by atoms with E-state index in [1.165, 1.54) is 12.1 Å². The molecule has 120 valence electrons. The summed E-state index contributed by atoms with van der Waals surface area (Å²) in [6.07, 6.45) is 5.06. The van der Waals surface area contributed by atoms with Gasteiger partial charge in [-0.15, -0.1) is 0 Å². The Morgan fingerprint density at radius 2 is 1.92 bits per heavy atom. The van der Waals surface area contributed by atoms with Crippen molar-refractivity contribution in [2.24, 2.45) is 0 Å². The van der Waals surface area contributed by atoms with E-state index in [0.29, 0.717) is 0 Å². The van der Waals surface area contributed by atoms with Crippen LogP contribution in [0.5, 0.6) is 0 Å². The molecule has 0 unspecified atom stereocenters. The number of carbonyl (C=O) groups excluding carboxylic acids is 1. The molecule has 1 amide bonds. The van der Waals surface area contributed by atoms with Crippen molar-refractivity contribution in [2.75, 3.05) is 0 Å². The van der Waals surface area contributed by atoms with Gasteiger partial charge in [-0.3, -0.25) is 14.8 Å². The third kappa shape index (κ3) is 3.58. The molecule has 0 spiro atoms. The molecule has 4 nitrogen and oxygen atoms in total. The summed E-state index contributed by atoms with van der Waals surface area (Å²) in [4.78, 5) is 20.6. The maximum atomic E-state index is 13.1. The van der Waals surface area contributed by atoms with Gasteiger partial charge in [-0.1, -0.05) is 17.7 Å². The molecule has 3 rings (SSSR count). The third-order valence-electron chi connectivity index (χ3n) is 3.46. The van der Waals surface area contributed by atoms with E-state index in [4.69, 9.17) is 11.6 Å². The fourth-order valence-corrected chi connectivity index (χ4v) is 2.55. The minimum absolute atomic E-state index is 0.0769. The van der Waals surface area contributed by atoms with E-state index in [0.717, 1.165) is 22.9 Å². The van der Waals surface area contributed by atoms with Gasteiger partial charge >= 0.3 is 0 Å². The predicted molar refractivity (Wildman–Crippen MR) is 90.0 cm³/mol.